The number of hydrogen-bond acceptors (Lipinski definition) is 7. The van der Waals surface area contributed by atoms with Crippen molar-refractivity contribution in [1.82, 2.24) is 10.6 Å². The molecule has 4 aliphatic rings. The number of carbonyl (C=O) groups is 3. The lowest BCUT2D eigenvalue weighted by atomic mass is 9.43. The molecular formula is C40H57BN2O7. The van der Waals surface area contributed by atoms with Gasteiger partial charge < -0.3 is 29.4 Å². The third-order valence-corrected chi connectivity index (χ3v) is 11.6. The summed E-state index contributed by atoms with van der Waals surface area (Å²) in [5, 5.41) is 6.17. The SMILES string of the molecule is CCCCc1ccc(C(=O)C[C@@H](CNC(=O)Cc2ccc(OC)c(OC)c2)C(=O)N[C@@H](CC(C)C)B2O[C@@H]3C[C@H]4C[C@H](C4(C)C)[C@]3(C)O2)cc1. The molecule has 10 heteroatoms. The van der Waals surface area contributed by atoms with Crippen LogP contribution in [0.5, 0.6) is 11.5 Å². The van der Waals surface area contributed by atoms with Gasteiger partial charge in [0.2, 0.25) is 11.8 Å². The first kappa shape index (κ1) is 37.9. The second-order valence-corrected chi connectivity index (χ2v) is 15.9. The summed E-state index contributed by atoms with van der Waals surface area (Å²) in [6, 6.07) is 13.0. The number of Topliss-reactive ketones (excluding diaryl/α,β-unsaturated/α-hetero) is 1. The third-order valence-electron chi connectivity index (χ3n) is 11.6. The van der Waals surface area contributed by atoms with Crippen LogP contribution in [0.15, 0.2) is 42.5 Å². The first-order valence-corrected chi connectivity index (χ1v) is 18.5. The molecule has 2 aromatic rings. The second-order valence-electron chi connectivity index (χ2n) is 15.9. The van der Waals surface area contributed by atoms with E-state index >= 15 is 0 Å². The van der Waals surface area contributed by atoms with Crippen molar-refractivity contribution in [1.29, 1.82) is 0 Å². The van der Waals surface area contributed by atoms with Crippen LogP contribution in [-0.4, -0.2) is 63.1 Å². The van der Waals surface area contributed by atoms with Crippen LogP contribution in [0.4, 0.5) is 0 Å². The van der Waals surface area contributed by atoms with E-state index in [-0.39, 0.29) is 54.4 Å². The van der Waals surface area contributed by atoms with Crippen LogP contribution in [0, 0.1) is 29.1 Å². The highest BCUT2D eigenvalue weighted by Gasteiger charge is 2.68. The smallest absolute Gasteiger partial charge is 0.481 e. The lowest BCUT2D eigenvalue weighted by Gasteiger charge is -2.64. The van der Waals surface area contributed by atoms with Gasteiger partial charge in [-0.15, -0.1) is 0 Å². The summed E-state index contributed by atoms with van der Waals surface area (Å²) in [4.78, 5) is 41.0. The zero-order valence-electron chi connectivity index (χ0n) is 31.3. The van der Waals surface area contributed by atoms with Gasteiger partial charge in [0, 0.05) is 18.5 Å². The van der Waals surface area contributed by atoms with Crippen molar-refractivity contribution in [2.75, 3.05) is 20.8 Å². The van der Waals surface area contributed by atoms with Gasteiger partial charge in [-0.25, -0.2) is 0 Å². The zero-order valence-corrected chi connectivity index (χ0v) is 31.3. The molecule has 9 nitrogen and oxygen atoms in total. The number of benzene rings is 2. The number of unbranched alkanes of at least 4 members (excludes halogenated alkanes) is 1. The molecule has 3 saturated carbocycles. The van der Waals surface area contributed by atoms with Crippen molar-refractivity contribution in [3.05, 3.63) is 59.2 Å². The molecule has 6 rings (SSSR count). The fraction of sp³-hybridized carbons (Fsp3) is 0.625. The number of rotatable bonds is 17. The van der Waals surface area contributed by atoms with Gasteiger partial charge >= 0.3 is 7.12 Å². The molecule has 2 aromatic carbocycles. The zero-order chi connectivity index (χ0) is 36.2. The molecule has 0 aromatic heterocycles. The van der Waals surface area contributed by atoms with E-state index in [0.29, 0.717) is 35.3 Å². The van der Waals surface area contributed by atoms with Crippen molar-refractivity contribution >= 4 is 24.7 Å². The van der Waals surface area contributed by atoms with E-state index in [4.69, 9.17) is 18.8 Å². The van der Waals surface area contributed by atoms with Crippen molar-refractivity contribution in [2.24, 2.45) is 29.1 Å². The Bertz CT molecular complexity index is 1510. The number of ketones is 1. The van der Waals surface area contributed by atoms with Crippen molar-refractivity contribution in [3.63, 3.8) is 0 Å². The fourth-order valence-corrected chi connectivity index (χ4v) is 8.43. The van der Waals surface area contributed by atoms with E-state index in [9.17, 15) is 14.4 Å². The number of hydrogen-bond donors (Lipinski definition) is 2. The number of aryl methyl sites for hydroxylation is 1. The molecule has 0 spiro atoms. The molecule has 4 fully saturated rings. The van der Waals surface area contributed by atoms with Gasteiger partial charge in [-0.2, -0.15) is 0 Å². The number of ether oxygens (including phenoxy) is 2. The highest BCUT2D eigenvalue weighted by atomic mass is 16.7. The normalized spacial score (nSPS) is 24.5. The lowest BCUT2D eigenvalue weighted by Crippen LogP contribution is -2.65. The molecule has 1 heterocycles. The number of nitrogens with one attached hydrogen (secondary N) is 2. The summed E-state index contributed by atoms with van der Waals surface area (Å²) in [5.41, 5.74) is 2.28. The van der Waals surface area contributed by atoms with Gasteiger partial charge in [-0.1, -0.05) is 71.4 Å². The Kier molecular flexibility index (Phi) is 12.0. The van der Waals surface area contributed by atoms with Crippen LogP contribution in [0.3, 0.4) is 0 Å². The molecule has 2 amide bonds. The predicted octanol–water partition coefficient (Wildman–Crippen LogP) is 6.39. The van der Waals surface area contributed by atoms with Gasteiger partial charge in [-0.3, -0.25) is 14.4 Å². The molecule has 1 saturated heterocycles. The first-order chi connectivity index (χ1) is 23.8. The minimum atomic E-state index is -0.794. The fourth-order valence-electron chi connectivity index (χ4n) is 8.43. The predicted molar refractivity (Wildman–Crippen MR) is 195 cm³/mol. The number of methoxy groups -OCH3 is 2. The number of amides is 2. The highest BCUT2D eigenvalue weighted by molar-refractivity contribution is 6.47. The Labute approximate surface area is 299 Å². The van der Waals surface area contributed by atoms with E-state index in [2.05, 4.69) is 52.2 Å². The standard InChI is InChI=1S/C40H57BN2O7/c1-9-10-11-26-12-15-28(16-13-26)31(44)21-29(24-42-37(45)20-27-14-17-32(47-7)33(19-27)48-8)38(46)43-36(18-25(2)3)41-49-35-23-30-22-34(39(30,4)5)40(35,6)50-41/h12-17,19,25,29-30,34-36H,9-11,18,20-24H2,1-8H3,(H,42,45)(H,43,46)/t29-,30+,34+,35+,36-,40-/m0/s1. The average molecular weight is 689 g/mol. The maximum Gasteiger partial charge on any atom is 0.481 e. The quantitative estimate of drug-likeness (QED) is 0.146. The van der Waals surface area contributed by atoms with Gasteiger partial charge in [0.15, 0.2) is 17.3 Å². The van der Waals surface area contributed by atoms with E-state index in [0.717, 1.165) is 37.7 Å². The molecule has 50 heavy (non-hydrogen) atoms. The van der Waals surface area contributed by atoms with Crippen molar-refractivity contribution in [2.45, 2.75) is 111 Å². The Morgan fingerprint density at radius 3 is 2.32 bits per heavy atom. The van der Waals surface area contributed by atoms with Crippen LogP contribution >= 0.6 is 0 Å². The Morgan fingerprint density at radius 2 is 1.68 bits per heavy atom. The van der Waals surface area contributed by atoms with Crippen LogP contribution in [0.25, 0.3) is 0 Å². The molecule has 3 aliphatic carbocycles. The molecule has 272 valence electrons. The molecule has 1 aliphatic heterocycles. The minimum Gasteiger partial charge on any atom is -0.493 e. The van der Waals surface area contributed by atoms with Gasteiger partial charge in [0.1, 0.15) is 0 Å². The van der Waals surface area contributed by atoms with Gasteiger partial charge in [0.05, 0.1) is 44.2 Å². The molecular weight excluding hydrogens is 631 g/mol. The third kappa shape index (κ3) is 8.23. The van der Waals surface area contributed by atoms with Crippen LogP contribution < -0.4 is 20.1 Å². The molecule has 0 radical (unpaired) electrons. The Balaban J connectivity index is 1.30. The summed E-state index contributed by atoms with van der Waals surface area (Å²) in [5.74, 6) is 0.489. The largest absolute Gasteiger partial charge is 0.493 e. The monoisotopic (exact) mass is 688 g/mol. The van der Waals surface area contributed by atoms with E-state index in [1.807, 2.05) is 24.3 Å². The summed E-state index contributed by atoms with van der Waals surface area (Å²) in [7, 11) is 2.52. The Hall–Kier alpha value is -3.37. The lowest BCUT2D eigenvalue weighted by molar-refractivity contribution is -0.199. The van der Waals surface area contributed by atoms with Gasteiger partial charge in [0.25, 0.3) is 0 Å². The van der Waals surface area contributed by atoms with E-state index < -0.39 is 24.6 Å². The van der Waals surface area contributed by atoms with Crippen molar-refractivity contribution in [3.8, 4) is 11.5 Å². The van der Waals surface area contributed by atoms with Crippen LogP contribution in [0.2, 0.25) is 0 Å². The second kappa shape index (κ2) is 15.9. The summed E-state index contributed by atoms with van der Waals surface area (Å²) in [6.45, 7) is 13.2. The van der Waals surface area contributed by atoms with Crippen LogP contribution in [-0.2, 0) is 31.7 Å². The Morgan fingerprint density at radius 1 is 0.980 bits per heavy atom. The number of carbonyl (C=O) groups excluding carboxylic acids is 3. The summed E-state index contributed by atoms with van der Waals surface area (Å²) < 4.78 is 24.1. The van der Waals surface area contributed by atoms with Crippen molar-refractivity contribution < 1.29 is 33.2 Å². The highest BCUT2D eigenvalue weighted by Crippen LogP contribution is 2.65. The molecule has 2 bridgehead atoms. The summed E-state index contributed by atoms with van der Waals surface area (Å²) >= 11 is 0. The van der Waals surface area contributed by atoms with E-state index in [1.54, 1.807) is 32.4 Å². The molecule has 0 unspecified atom stereocenters. The molecule has 6 atom stereocenters. The van der Waals surface area contributed by atoms with E-state index in [1.165, 1.54) is 5.56 Å². The average Bonchev–Trinajstić information content (AvgIpc) is 3.46. The first-order valence-electron chi connectivity index (χ1n) is 18.5. The van der Waals surface area contributed by atoms with Crippen LogP contribution in [0.1, 0.15) is 102 Å². The van der Waals surface area contributed by atoms with Gasteiger partial charge in [-0.05, 0) is 85.5 Å². The summed E-state index contributed by atoms with van der Waals surface area (Å²) in [6.07, 6.45) is 5.93. The maximum atomic E-state index is 14.2. The molecule has 2 N–H and O–H groups in total. The maximum absolute atomic E-state index is 14.2. The minimum absolute atomic E-state index is 0.00983. The topological polar surface area (TPSA) is 112 Å².